The molecule has 0 atom stereocenters. The van der Waals surface area contributed by atoms with Gasteiger partial charge in [0, 0.05) is 6.61 Å². The van der Waals surface area contributed by atoms with Crippen molar-refractivity contribution in [1.82, 2.24) is 0 Å². The molecule has 112 valence electrons. The third kappa shape index (κ3) is 24.9. The van der Waals surface area contributed by atoms with Crippen LogP contribution in [-0.4, -0.2) is 24.8 Å². The molecule has 3 nitrogen and oxygen atoms in total. The number of rotatable bonds is 12. The Morgan fingerprint density at radius 2 is 1.00 bits per heavy atom. The summed E-state index contributed by atoms with van der Waals surface area (Å²) in [5, 5.41) is 8.14. The molecule has 0 amide bonds. The van der Waals surface area contributed by atoms with Crippen LogP contribution in [0.3, 0.4) is 0 Å². The van der Waals surface area contributed by atoms with Gasteiger partial charge in [-0.3, -0.25) is 0 Å². The zero-order valence-corrected chi connectivity index (χ0v) is 12.5. The summed E-state index contributed by atoms with van der Waals surface area (Å²) in [4.78, 5) is 0. The molecule has 0 aromatic heterocycles. The Labute approximate surface area is 114 Å². The first-order chi connectivity index (χ1) is 8.83. The number of aliphatic hydroxyl groups excluding tert-OH is 1. The van der Waals surface area contributed by atoms with Crippen LogP contribution >= 0.6 is 0 Å². The molecule has 3 heteroatoms. The van der Waals surface area contributed by atoms with Crippen LogP contribution in [0.2, 0.25) is 0 Å². The molecule has 0 radical (unpaired) electrons. The molecule has 0 aliphatic heterocycles. The van der Waals surface area contributed by atoms with Gasteiger partial charge in [0.05, 0.1) is 0 Å². The molecule has 0 aliphatic rings. The summed E-state index contributed by atoms with van der Waals surface area (Å²) < 4.78 is 0. The highest BCUT2D eigenvalue weighted by atomic mass is 16.2. The summed E-state index contributed by atoms with van der Waals surface area (Å²) in [6.07, 6.45) is 14.2. The molecule has 0 unspecified atom stereocenters. The van der Waals surface area contributed by atoms with Gasteiger partial charge in [-0.1, -0.05) is 58.3 Å². The molecule has 0 saturated carbocycles. The van der Waals surface area contributed by atoms with Crippen LogP contribution < -0.4 is 11.5 Å². The van der Waals surface area contributed by atoms with Crippen molar-refractivity contribution >= 4 is 0 Å². The van der Waals surface area contributed by atoms with E-state index in [2.05, 4.69) is 6.92 Å². The number of nitrogens with two attached hydrogens (primary N) is 2. The van der Waals surface area contributed by atoms with E-state index in [4.69, 9.17) is 16.6 Å². The van der Waals surface area contributed by atoms with E-state index in [0.717, 1.165) is 19.4 Å². The fourth-order valence-corrected chi connectivity index (χ4v) is 1.71. The van der Waals surface area contributed by atoms with E-state index in [1.165, 1.54) is 57.8 Å². The van der Waals surface area contributed by atoms with Crippen LogP contribution in [0, 0.1) is 0 Å². The predicted molar refractivity (Wildman–Crippen MR) is 81.7 cm³/mol. The Hall–Kier alpha value is -0.120. The first-order valence-electron chi connectivity index (χ1n) is 7.84. The topological polar surface area (TPSA) is 72.3 Å². The average molecular weight is 260 g/mol. The third-order valence-corrected chi connectivity index (χ3v) is 2.92. The molecule has 0 aromatic rings. The monoisotopic (exact) mass is 260 g/mol. The Balaban J connectivity index is 0. The van der Waals surface area contributed by atoms with Crippen molar-refractivity contribution in [2.45, 2.75) is 77.6 Å². The van der Waals surface area contributed by atoms with Crippen LogP contribution in [-0.2, 0) is 0 Å². The summed E-state index contributed by atoms with van der Waals surface area (Å²) in [7, 11) is 0. The molecule has 0 bridgehead atoms. The summed E-state index contributed by atoms with van der Waals surface area (Å²) in [6.45, 7) is 4.11. The molecule has 0 heterocycles. The van der Waals surface area contributed by atoms with Crippen LogP contribution in [0.5, 0.6) is 0 Å². The highest BCUT2D eigenvalue weighted by molar-refractivity contribution is 4.46. The van der Waals surface area contributed by atoms with E-state index in [1.807, 2.05) is 0 Å². The first kappa shape index (κ1) is 20.2. The van der Waals surface area contributed by atoms with Gasteiger partial charge < -0.3 is 16.6 Å². The van der Waals surface area contributed by atoms with Crippen LogP contribution in [0.1, 0.15) is 77.6 Å². The first-order valence-corrected chi connectivity index (χ1v) is 7.84. The second kappa shape index (κ2) is 22.1. The average Bonchev–Trinajstić information content (AvgIpc) is 2.40. The number of unbranched alkanes of at least 4 members (excludes halogenated alkanes) is 9. The van der Waals surface area contributed by atoms with Gasteiger partial charge in [0.2, 0.25) is 0 Å². The van der Waals surface area contributed by atoms with E-state index in [0.29, 0.717) is 6.54 Å². The number of hydrogen-bond acceptors (Lipinski definition) is 3. The molecular weight excluding hydrogens is 224 g/mol. The molecule has 18 heavy (non-hydrogen) atoms. The van der Waals surface area contributed by atoms with E-state index < -0.39 is 0 Å². The van der Waals surface area contributed by atoms with Gasteiger partial charge in [0.15, 0.2) is 0 Å². The van der Waals surface area contributed by atoms with Gasteiger partial charge in [0.1, 0.15) is 0 Å². The van der Waals surface area contributed by atoms with E-state index in [1.54, 1.807) is 0 Å². The molecule has 0 aliphatic carbocycles. The summed E-state index contributed by atoms with van der Waals surface area (Å²) in [5.41, 5.74) is 10.5. The quantitative estimate of drug-likeness (QED) is 0.472. The van der Waals surface area contributed by atoms with Gasteiger partial charge in [0.25, 0.3) is 0 Å². The van der Waals surface area contributed by atoms with Crippen molar-refractivity contribution < 1.29 is 5.11 Å². The highest BCUT2D eigenvalue weighted by Gasteiger charge is 1.90. The second-order valence-corrected chi connectivity index (χ2v) is 4.84. The van der Waals surface area contributed by atoms with Gasteiger partial charge in [-0.15, -0.1) is 0 Å². The van der Waals surface area contributed by atoms with Gasteiger partial charge in [-0.25, -0.2) is 0 Å². The SMILES string of the molecule is CCCCCCCCCCCN.NCCCCO. The Kier molecular flexibility index (Phi) is 24.8. The van der Waals surface area contributed by atoms with E-state index >= 15 is 0 Å². The summed E-state index contributed by atoms with van der Waals surface area (Å²) >= 11 is 0. The van der Waals surface area contributed by atoms with Crippen molar-refractivity contribution in [3.8, 4) is 0 Å². The number of aliphatic hydroxyl groups is 1. The fourth-order valence-electron chi connectivity index (χ4n) is 1.71. The van der Waals surface area contributed by atoms with E-state index in [9.17, 15) is 0 Å². The number of hydrogen-bond donors (Lipinski definition) is 3. The van der Waals surface area contributed by atoms with Crippen molar-refractivity contribution in [3.63, 3.8) is 0 Å². The lowest BCUT2D eigenvalue weighted by molar-refractivity contribution is 0.285. The normalized spacial score (nSPS) is 10.0. The third-order valence-electron chi connectivity index (χ3n) is 2.92. The fraction of sp³-hybridized carbons (Fsp3) is 1.00. The Bertz CT molecular complexity index is 107. The smallest absolute Gasteiger partial charge is 0.0431 e. The second-order valence-electron chi connectivity index (χ2n) is 4.84. The molecule has 0 fully saturated rings. The van der Waals surface area contributed by atoms with Gasteiger partial charge >= 0.3 is 0 Å². The molecule has 0 saturated heterocycles. The van der Waals surface area contributed by atoms with Crippen molar-refractivity contribution in [1.29, 1.82) is 0 Å². The zero-order valence-electron chi connectivity index (χ0n) is 12.5. The van der Waals surface area contributed by atoms with Crippen LogP contribution in [0.4, 0.5) is 0 Å². The molecule has 5 N–H and O–H groups in total. The molecule has 0 rings (SSSR count). The van der Waals surface area contributed by atoms with Gasteiger partial charge in [-0.05, 0) is 32.4 Å². The molecule has 0 spiro atoms. The van der Waals surface area contributed by atoms with E-state index in [-0.39, 0.29) is 6.61 Å². The predicted octanol–water partition coefficient (Wildman–Crippen LogP) is 3.19. The van der Waals surface area contributed by atoms with Crippen molar-refractivity contribution in [2.24, 2.45) is 11.5 Å². The summed E-state index contributed by atoms with van der Waals surface area (Å²) in [6, 6.07) is 0. The van der Waals surface area contributed by atoms with Gasteiger partial charge in [-0.2, -0.15) is 0 Å². The zero-order chi connectivity index (χ0) is 13.9. The lowest BCUT2D eigenvalue weighted by atomic mass is 10.1. The minimum Gasteiger partial charge on any atom is -0.396 e. The van der Waals surface area contributed by atoms with Crippen molar-refractivity contribution in [2.75, 3.05) is 19.7 Å². The maximum atomic E-state index is 8.14. The lowest BCUT2D eigenvalue weighted by Gasteiger charge is -1.99. The van der Waals surface area contributed by atoms with Crippen molar-refractivity contribution in [3.05, 3.63) is 0 Å². The lowest BCUT2D eigenvalue weighted by Crippen LogP contribution is -1.98. The van der Waals surface area contributed by atoms with Crippen LogP contribution in [0.15, 0.2) is 0 Å². The Morgan fingerprint density at radius 1 is 0.611 bits per heavy atom. The molecule has 0 aromatic carbocycles. The highest BCUT2D eigenvalue weighted by Crippen LogP contribution is 2.08. The largest absolute Gasteiger partial charge is 0.396 e. The maximum absolute atomic E-state index is 8.14. The minimum absolute atomic E-state index is 0.275. The maximum Gasteiger partial charge on any atom is 0.0431 e. The molecular formula is C15H36N2O. The standard InChI is InChI=1S/C11H25N.C4H11NO/c1-2-3-4-5-6-7-8-9-10-11-12;5-3-1-2-4-6/h2-12H2,1H3;6H,1-5H2. The minimum atomic E-state index is 0.275. The summed E-state index contributed by atoms with van der Waals surface area (Å²) in [5.74, 6) is 0. The Morgan fingerprint density at radius 3 is 1.33 bits per heavy atom. The van der Waals surface area contributed by atoms with Crippen LogP contribution in [0.25, 0.3) is 0 Å².